The third kappa shape index (κ3) is 2.45. The molecule has 2 heterocycles. The van der Waals surface area contributed by atoms with Gasteiger partial charge in [0.05, 0.1) is 0 Å². The first-order chi connectivity index (χ1) is 9.75. The Labute approximate surface area is 119 Å². The lowest BCUT2D eigenvalue weighted by Crippen LogP contribution is -2.13. The maximum atomic E-state index is 11.3. The van der Waals surface area contributed by atoms with E-state index in [9.17, 15) is 9.90 Å². The number of carbonyl (C=O) groups is 1. The van der Waals surface area contributed by atoms with Crippen LogP contribution in [-0.2, 0) is 13.1 Å². The minimum absolute atomic E-state index is 0.0184. The zero-order valence-electron chi connectivity index (χ0n) is 10.6. The summed E-state index contributed by atoms with van der Waals surface area (Å²) in [6.45, 7) is 1.19. The van der Waals surface area contributed by atoms with E-state index < -0.39 is 5.97 Å². The van der Waals surface area contributed by atoms with Crippen LogP contribution in [-0.4, -0.2) is 11.1 Å². The molecule has 3 rings (SSSR count). The summed E-state index contributed by atoms with van der Waals surface area (Å²) in [7, 11) is 0. The second-order valence-corrected chi connectivity index (χ2v) is 5.43. The van der Waals surface area contributed by atoms with Crippen LogP contribution in [0.15, 0.2) is 46.2 Å². The highest BCUT2D eigenvalue weighted by molar-refractivity contribution is 7.09. The highest BCUT2D eigenvalue weighted by atomic mass is 32.1. The van der Waals surface area contributed by atoms with Crippen LogP contribution < -0.4 is 5.32 Å². The molecule has 0 radical (unpaired) electrons. The minimum atomic E-state index is -1.03. The molecule has 0 aliphatic rings. The first-order valence-corrected chi connectivity index (χ1v) is 7.10. The second-order valence-electron chi connectivity index (χ2n) is 4.39. The number of thiophene rings is 1. The molecule has 0 saturated heterocycles. The molecule has 3 aromatic rings. The van der Waals surface area contributed by atoms with E-state index in [4.69, 9.17) is 4.42 Å². The molecule has 0 amide bonds. The molecular weight excluding hydrogens is 274 g/mol. The first kappa shape index (κ1) is 12.9. The van der Waals surface area contributed by atoms with Crippen LogP contribution in [0.4, 0.5) is 0 Å². The van der Waals surface area contributed by atoms with Gasteiger partial charge >= 0.3 is 5.97 Å². The van der Waals surface area contributed by atoms with Crippen molar-refractivity contribution in [3.63, 3.8) is 0 Å². The Kier molecular flexibility index (Phi) is 3.54. The number of hydrogen-bond donors (Lipinski definition) is 2. The first-order valence-electron chi connectivity index (χ1n) is 6.22. The molecule has 0 fully saturated rings. The molecule has 0 atom stereocenters. The quantitative estimate of drug-likeness (QED) is 0.754. The van der Waals surface area contributed by atoms with E-state index in [0.29, 0.717) is 17.7 Å². The van der Waals surface area contributed by atoms with Crippen LogP contribution in [0.3, 0.4) is 0 Å². The molecule has 0 aliphatic carbocycles. The van der Waals surface area contributed by atoms with Crippen molar-refractivity contribution in [3.8, 4) is 0 Å². The Bertz CT molecular complexity index is 731. The lowest BCUT2D eigenvalue weighted by Gasteiger charge is -2.02. The third-order valence-corrected chi connectivity index (χ3v) is 3.95. The maximum Gasteiger partial charge on any atom is 0.372 e. The third-order valence-electron chi connectivity index (χ3n) is 3.07. The summed E-state index contributed by atoms with van der Waals surface area (Å²) in [4.78, 5) is 12.5. The lowest BCUT2D eigenvalue weighted by molar-refractivity contribution is 0.0663. The smallest absolute Gasteiger partial charge is 0.372 e. The lowest BCUT2D eigenvalue weighted by atomic mass is 10.1. The zero-order chi connectivity index (χ0) is 13.9. The SMILES string of the molecule is O=C(O)c1oc2ccccc2c1CNCc1cccs1. The van der Waals surface area contributed by atoms with Gasteiger partial charge in [-0.05, 0) is 17.5 Å². The van der Waals surface area contributed by atoms with Gasteiger partial charge in [0, 0.05) is 28.9 Å². The normalized spacial score (nSPS) is 11.0. The van der Waals surface area contributed by atoms with Gasteiger partial charge in [0.2, 0.25) is 5.76 Å². The van der Waals surface area contributed by atoms with E-state index in [1.54, 1.807) is 17.4 Å². The monoisotopic (exact) mass is 287 g/mol. The second kappa shape index (κ2) is 5.48. The fourth-order valence-electron chi connectivity index (χ4n) is 2.17. The van der Waals surface area contributed by atoms with Gasteiger partial charge in [-0.3, -0.25) is 0 Å². The van der Waals surface area contributed by atoms with Crippen LogP contribution >= 0.6 is 11.3 Å². The molecule has 20 heavy (non-hydrogen) atoms. The summed E-state index contributed by atoms with van der Waals surface area (Å²) in [5.41, 5.74) is 1.31. The minimum Gasteiger partial charge on any atom is -0.475 e. The van der Waals surface area contributed by atoms with Gasteiger partial charge in [0.25, 0.3) is 0 Å². The molecule has 0 unspecified atom stereocenters. The van der Waals surface area contributed by atoms with Crippen molar-refractivity contribution < 1.29 is 14.3 Å². The predicted octanol–water partition coefficient (Wildman–Crippen LogP) is 3.48. The van der Waals surface area contributed by atoms with Gasteiger partial charge in [-0.1, -0.05) is 24.3 Å². The van der Waals surface area contributed by atoms with Crippen molar-refractivity contribution in [2.75, 3.05) is 0 Å². The molecule has 102 valence electrons. The van der Waals surface area contributed by atoms with E-state index >= 15 is 0 Å². The molecule has 0 bridgehead atoms. The van der Waals surface area contributed by atoms with Gasteiger partial charge in [0.15, 0.2) is 0 Å². The Balaban J connectivity index is 1.85. The standard InChI is InChI=1S/C15H13NO3S/c17-15(18)14-12(9-16-8-10-4-3-7-20-10)11-5-1-2-6-13(11)19-14/h1-7,16H,8-9H2,(H,17,18). The Hall–Kier alpha value is -2.11. The number of carboxylic acids is 1. The average Bonchev–Trinajstić information content (AvgIpc) is 3.07. The molecule has 0 saturated carbocycles. The number of carboxylic acid groups (broad SMARTS) is 1. The van der Waals surface area contributed by atoms with Gasteiger partial charge in [-0.15, -0.1) is 11.3 Å². The summed E-state index contributed by atoms with van der Waals surface area (Å²) in [5, 5.41) is 15.4. The molecule has 1 aromatic carbocycles. The van der Waals surface area contributed by atoms with Crippen LogP contribution in [0, 0.1) is 0 Å². The van der Waals surface area contributed by atoms with Crippen LogP contribution in [0.5, 0.6) is 0 Å². The van der Waals surface area contributed by atoms with Crippen molar-refractivity contribution >= 4 is 28.3 Å². The van der Waals surface area contributed by atoms with Gasteiger partial charge in [-0.2, -0.15) is 0 Å². The van der Waals surface area contributed by atoms with Crippen LogP contribution in [0.25, 0.3) is 11.0 Å². The molecule has 2 N–H and O–H groups in total. The van der Waals surface area contributed by atoms with Crippen molar-refractivity contribution in [1.82, 2.24) is 5.32 Å². The predicted molar refractivity (Wildman–Crippen MR) is 78.0 cm³/mol. The number of hydrogen-bond acceptors (Lipinski definition) is 4. The fraction of sp³-hybridized carbons (Fsp3) is 0.133. The zero-order valence-corrected chi connectivity index (χ0v) is 11.4. The Morgan fingerprint density at radius 1 is 1.20 bits per heavy atom. The van der Waals surface area contributed by atoms with Crippen molar-refractivity contribution in [1.29, 1.82) is 0 Å². The van der Waals surface area contributed by atoms with Crippen molar-refractivity contribution in [2.24, 2.45) is 0 Å². The highest BCUT2D eigenvalue weighted by Crippen LogP contribution is 2.26. The summed E-state index contributed by atoms with van der Waals surface area (Å²) < 4.78 is 5.41. The number of fused-ring (bicyclic) bond motifs is 1. The molecule has 5 heteroatoms. The van der Waals surface area contributed by atoms with Crippen LogP contribution in [0.1, 0.15) is 21.0 Å². The molecule has 4 nitrogen and oxygen atoms in total. The summed E-state index contributed by atoms with van der Waals surface area (Å²) in [6, 6.07) is 11.4. The van der Waals surface area contributed by atoms with Gasteiger partial charge in [0.1, 0.15) is 5.58 Å². The number of aromatic carboxylic acids is 1. The van der Waals surface area contributed by atoms with Gasteiger partial charge < -0.3 is 14.8 Å². The van der Waals surface area contributed by atoms with Crippen LogP contribution in [0.2, 0.25) is 0 Å². The summed E-state index contributed by atoms with van der Waals surface area (Å²) in [5.74, 6) is -1.01. The number of furan rings is 1. The van der Waals surface area contributed by atoms with E-state index in [2.05, 4.69) is 5.32 Å². The van der Waals surface area contributed by atoms with E-state index in [0.717, 1.165) is 11.9 Å². The largest absolute Gasteiger partial charge is 0.475 e. The fourth-order valence-corrected chi connectivity index (χ4v) is 2.85. The number of benzene rings is 1. The summed E-state index contributed by atoms with van der Waals surface area (Å²) >= 11 is 1.67. The maximum absolute atomic E-state index is 11.3. The number of para-hydroxylation sites is 1. The Morgan fingerprint density at radius 3 is 2.80 bits per heavy atom. The Morgan fingerprint density at radius 2 is 2.05 bits per heavy atom. The average molecular weight is 287 g/mol. The topological polar surface area (TPSA) is 62.5 Å². The highest BCUT2D eigenvalue weighted by Gasteiger charge is 2.19. The molecule has 0 spiro atoms. The van der Waals surface area contributed by atoms with Gasteiger partial charge in [-0.25, -0.2) is 4.79 Å². The summed E-state index contributed by atoms with van der Waals surface area (Å²) in [6.07, 6.45) is 0. The van der Waals surface area contributed by atoms with Crippen molar-refractivity contribution in [3.05, 3.63) is 58.0 Å². The molecule has 0 aliphatic heterocycles. The van der Waals surface area contributed by atoms with E-state index in [-0.39, 0.29) is 5.76 Å². The molecular formula is C15H13NO3S. The van der Waals surface area contributed by atoms with E-state index in [1.165, 1.54) is 4.88 Å². The molecule has 2 aromatic heterocycles. The van der Waals surface area contributed by atoms with Crippen molar-refractivity contribution in [2.45, 2.75) is 13.1 Å². The van der Waals surface area contributed by atoms with E-state index in [1.807, 2.05) is 35.7 Å². The number of nitrogens with one attached hydrogen (secondary N) is 1. The number of rotatable bonds is 5.